The molecule has 0 aliphatic carbocycles. The molecule has 1 amide bonds. The van der Waals surface area contributed by atoms with Crippen LogP contribution in [0.2, 0.25) is 0 Å². The zero-order valence-corrected chi connectivity index (χ0v) is 9.55. The first-order valence-electron chi connectivity index (χ1n) is 4.18. The third-order valence-corrected chi connectivity index (χ3v) is 2.42. The highest BCUT2D eigenvalue weighted by molar-refractivity contribution is 6.67. The molecule has 15 heavy (non-hydrogen) atoms. The summed E-state index contributed by atoms with van der Waals surface area (Å²) in [5.41, 5.74) is 1.06. The van der Waals surface area contributed by atoms with Crippen molar-refractivity contribution < 1.29 is 9.59 Å². The van der Waals surface area contributed by atoms with E-state index in [4.69, 9.17) is 23.2 Å². The molecule has 0 radical (unpaired) electrons. The number of hydrogen-bond donors (Lipinski definition) is 0. The molecule has 5 heteroatoms. The van der Waals surface area contributed by atoms with Gasteiger partial charge in [0.15, 0.2) is 0 Å². The summed E-state index contributed by atoms with van der Waals surface area (Å²) in [5, 5.41) is -0.520. The number of nitrogens with zero attached hydrogens (tertiary/aromatic N) is 1. The van der Waals surface area contributed by atoms with E-state index in [2.05, 4.69) is 0 Å². The second-order valence-corrected chi connectivity index (χ2v) is 3.52. The van der Waals surface area contributed by atoms with Gasteiger partial charge in [0.1, 0.15) is 5.88 Å². The topological polar surface area (TPSA) is 37.4 Å². The lowest BCUT2D eigenvalue weighted by atomic mass is 10.2. The minimum atomic E-state index is -0.520. The zero-order chi connectivity index (χ0) is 11.4. The molecule has 1 aromatic carbocycles. The molecule has 0 aromatic heterocycles. The molecular weight excluding hydrogens is 237 g/mol. The van der Waals surface area contributed by atoms with Crippen LogP contribution < -0.4 is 4.90 Å². The number of halogens is 2. The normalized spacial score (nSPS) is 9.80. The molecule has 1 aromatic rings. The summed E-state index contributed by atoms with van der Waals surface area (Å²) in [4.78, 5) is 23.4. The van der Waals surface area contributed by atoms with Crippen LogP contribution in [0.5, 0.6) is 0 Å². The maximum absolute atomic E-state index is 11.2. The average Bonchev–Trinajstić information content (AvgIpc) is 2.27. The van der Waals surface area contributed by atoms with E-state index < -0.39 is 5.24 Å². The fraction of sp³-hybridized carbons (Fsp3) is 0.200. The third-order valence-electron chi connectivity index (χ3n) is 1.97. The highest BCUT2D eigenvalue weighted by Crippen LogP contribution is 2.15. The Balaban J connectivity index is 2.89. The quantitative estimate of drug-likeness (QED) is 0.606. The average molecular weight is 246 g/mol. The largest absolute Gasteiger partial charge is 0.314 e. The summed E-state index contributed by atoms with van der Waals surface area (Å²) >= 11 is 10.7. The standard InChI is InChI=1S/C10H9Cl2NO2/c1-13(9(14)6-11)8-4-2-7(3-5-8)10(12)15/h2-5H,6H2,1H3. The number of carbonyl (C=O) groups is 2. The Morgan fingerprint density at radius 2 is 1.80 bits per heavy atom. The molecule has 0 atom stereocenters. The van der Waals surface area contributed by atoms with Crippen LogP contribution in [0.25, 0.3) is 0 Å². The van der Waals surface area contributed by atoms with E-state index in [0.717, 1.165) is 0 Å². The van der Waals surface area contributed by atoms with E-state index in [0.29, 0.717) is 11.3 Å². The fourth-order valence-corrected chi connectivity index (χ4v) is 1.35. The lowest BCUT2D eigenvalue weighted by Crippen LogP contribution is -2.27. The molecular formula is C10H9Cl2NO2. The maximum atomic E-state index is 11.2. The first-order chi connectivity index (χ1) is 7.06. The number of rotatable bonds is 3. The summed E-state index contributed by atoms with van der Waals surface area (Å²) in [5.74, 6) is -0.284. The van der Waals surface area contributed by atoms with E-state index in [9.17, 15) is 9.59 Å². The van der Waals surface area contributed by atoms with Crippen LogP contribution in [0.1, 0.15) is 10.4 Å². The van der Waals surface area contributed by atoms with Gasteiger partial charge in [0.2, 0.25) is 5.91 Å². The highest BCUT2D eigenvalue weighted by atomic mass is 35.5. The van der Waals surface area contributed by atoms with Gasteiger partial charge in [-0.25, -0.2) is 0 Å². The van der Waals surface area contributed by atoms with Crippen LogP contribution in [0, 0.1) is 0 Å². The summed E-state index contributed by atoms with van der Waals surface area (Å²) in [6, 6.07) is 6.39. The first-order valence-corrected chi connectivity index (χ1v) is 5.10. The minimum absolute atomic E-state index is 0.0767. The second kappa shape index (κ2) is 5.14. The maximum Gasteiger partial charge on any atom is 0.252 e. The number of alkyl halides is 1. The first kappa shape index (κ1) is 12.0. The smallest absolute Gasteiger partial charge is 0.252 e. The predicted octanol–water partition coefficient (Wildman–Crippen LogP) is 2.27. The molecule has 0 aliphatic rings. The van der Waals surface area contributed by atoms with Gasteiger partial charge < -0.3 is 4.90 Å². The highest BCUT2D eigenvalue weighted by Gasteiger charge is 2.09. The summed E-state index contributed by atoms with van der Waals surface area (Å²) in [6.07, 6.45) is 0. The van der Waals surface area contributed by atoms with Crippen LogP contribution in [0.3, 0.4) is 0 Å². The van der Waals surface area contributed by atoms with E-state index in [1.807, 2.05) is 0 Å². The van der Waals surface area contributed by atoms with Gasteiger partial charge >= 0.3 is 0 Å². The Bertz CT molecular complexity index is 376. The van der Waals surface area contributed by atoms with Crippen LogP contribution in [0.4, 0.5) is 5.69 Å². The van der Waals surface area contributed by atoms with Crippen molar-refractivity contribution in [2.45, 2.75) is 0 Å². The number of carbonyl (C=O) groups excluding carboxylic acids is 2. The van der Waals surface area contributed by atoms with Crippen LogP contribution in [-0.4, -0.2) is 24.1 Å². The van der Waals surface area contributed by atoms with E-state index in [1.165, 1.54) is 4.90 Å². The summed E-state index contributed by atoms with van der Waals surface area (Å²) in [6.45, 7) is 0. The Kier molecular flexibility index (Phi) is 4.12. The molecule has 3 nitrogen and oxygen atoms in total. The molecule has 0 N–H and O–H groups in total. The molecule has 0 bridgehead atoms. The zero-order valence-electron chi connectivity index (χ0n) is 8.04. The van der Waals surface area contributed by atoms with Gasteiger partial charge in [-0.05, 0) is 35.9 Å². The van der Waals surface area contributed by atoms with Gasteiger partial charge in [-0.3, -0.25) is 9.59 Å². The van der Waals surface area contributed by atoms with Crippen molar-refractivity contribution in [3.63, 3.8) is 0 Å². The predicted molar refractivity (Wildman–Crippen MR) is 60.8 cm³/mol. The van der Waals surface area contributed by atoms with Crippen molar-refractivity contribution >= 4 is 40.0 Å². The van der Waals surface area contributed by atoms with E-state index >= 15 is 0 Å². The van der Waals surface area contributed by atoms with Gasteiger partial charge in [-0.1, -0.05) is 0 Å². The van der Waals surface area contributed by atoms with Crippen LogP contribution >= 0.6 is 23.2 Å². The number of anilines is 1. The molecule has 0 unspecified atom stereocenters. The molecule has 0 saturated carbocycles. The van der Waals surface area contributed by atoms with Crippen molar-refractivity contribution in [3.05, 3.63) is 29.8 Å². The van der Waals surface area contributed by atoms with Crippen molar-refractivity contribution in [2.24, 2.45) is 0 Å². The van der Waals surface area contributed by atoms with Crippen molar-refractivity contribution in [1.29, 1.82) is 0 Å². The van der Waals surface area contributed by atoms with Crippen LogP contribution in [-0.2, 0) is 4.79 Å². The number of benzene rings is 1. The minimum Gasteiger partial charge on any atom is -0.314 e. The Morgan fingerprint density at radius 1 is 1.27 bits per heavy atom. The Hall–Kier alpha value is -1.06. The molecule has 1 rings (SSSR count). The van der Waals surface area contributed by atoms with Crippen molar-refractivity contribution in [3.8, 4) is 0 Å². The number of hydrogen-bond acceptors (Lipinski definition) is 2. The Morgan fingerprint density at radius 3 is 2.20 bits per heavy atom. The van der Waals surface area contributed by atoms with Crippen molar-refractivity contribution in [2.75, 3.05) is 17.8 Å². The Labute approximate surface area is 97.6 Å². The molecule has 0 aliphatic heterocycles. The monoisotopic (exact) mass is 245 g/mol. The fourth-order valence-electron chi connectivity index (χ4n) is 1.05. The molecule has 0 heterocycles. The summed E-state index contributed by atoms with van der Waals surface area (Å²) in [7, 11) is 1.61. The van der Waals surface area contributed by atoms with Gasteiger partial charge in [0, 0.05) is 18.3 Å². The van der Waals surface area contributed by atoms with Gasteiger partial charge in [-0.15, -0.1) is 11.6 Å². The molecule has 0 fully saturated rings. The van der Waals surface area contributed by atoms with Gasteiger partial charge in [0.25, 0.3) is 5.24 Å². The summed E-state index contributed by atoms with van der Waals surface area (Å²) < 4.78 is 0. The molecule has 0 saturated heterocycles. The van der Waals surface area contributed by atoms with Gasteiger partial charge in [-0.2, -0.15) is 0 Å². The van der Waals surface area contributed by atoms with Crippen LogP contribution in [0.15, 0.2) is 24.3 Å². The molecule has 0 spiro atoms. The number of amides is 1. The van der Waals surface area contributed by atoms with Gasteiger partial charge in [0.05, 0.1) is 0 Å². The van der Waals surface area contributed by atoms with E-state index in [1.54, 1.807) is 31.3 Å². The van der Waals surface area contributed by atoms with Crippen molar-refractivity contribution in [1.82, 2.24) is 0 Å². The lowest BCUT2D eigenvalue weighted by molar-refractivity contribution is -0.116. The SMILES string of the molecule is CN(C(=O)CCl)c1ccc(C(=O)Cl)cc1. The molecule has 80 valence electrons. The van der Waals surface area contributed by atoms with E-state index in [-0.39, 0.29) is 11.8 Å². The lowest BCUT2D eigenvalue weighted by Gasteiger charge is -2.15. The third kappa shape index (κ3) is 2.94. The second-order valence-electron chi connectivity index (χ2n) is 2.91.